The number of anilines is 1. The van der Waals surface area contributed by atoms with E-state index >= 15 is 0 Å². The number of rotatable bonds is 3. The Balaban J connectivity index is 2.12. The van der Waals surface area contributed by atoms with Crippen molar-refractivity contribution < 1.29 is 14.6 Å². The van der Waals surface area contributed by atoms with Crippen molar-refractivity contribution in [3.8, 4) is 11.8 Å². The highest BCUT2D eigenvalue weighted by Gasteiger charge is 2.36. The maximum Gasteiger partial charge on any atom is 0.334 e. The second-order valence-electron chi connectivity index (χ2n) is 7.17. The standard InChI is InChI=1S/C24H20N2O3/c1-13-10-16-6-4-5-7-17(16)22-21(20(24(27)28)14(2)26-23(13)22)18-9-8-15(12-25)11-19(18)29-3/h4-11,21,26H,1-3H3,(H,27,28). The molecule has 3 aromatic carbocycles. The molecule has 0 bridgehead atoms. The number of nitrogens with zero attached hydrogens (tertiary/aromatic N) is 1. The average Bonchev–Trinajstić information content (AvgIpc) is 2.72. The fraction of sp³-hybridized carbons (Fsp3) is 0.167. The summed E-state index contributed by atoms with van der Waals surface area (Å²) in [6, 6.07) is 17.3. The van der Waals surface area contributed by atoms with Crippen molar-refractivity contribution in [1.29, 1.82) is 5.26 Å². The van der Waals surface area contributed by atoms with Gasteiger partial charge in [-0.05, 0) is 53.9 Å². The summed E-state index contributed by atoms with van der Waals surface area (Å²) < 4.78 is 5.57. The molecule has 4 rings (SSSR count). The smallest absolute Gasteiger partial charge is 0.334 e. The number of carbonyl (C=O) groups is 1. The van der Waals surface area contributed by atoms with Crippen molar-refractivity contribution in [3.63, 3.8) is 0 Å². The van der Waals surface area contributed by atoms with Gasteiger partial charge in [0.15, 0.2) is 0 Å². The lowest BCUT2D eigenvalue weighted by Crippen LogP contribution is -2.24. The molecule has 0 aliphatic carbocycles. The Morgan fingerprint density at radius 1 is 1.17 bits per heavy atom. The van der Waals surface area contributed by atoms with Crippen LogP contribution in [-0.4, -0.2) is 18.2 Å². The topological polar surface area (TPSA) is 82.3 Å². The zero-order valence-electron chi connectivity index (χ0n) is 16.4. The lowest BCUT2D eigenvalue weighted by atomic mass is 9.77. The highest BCUT2D eigenvalue weighted by molar-refractivity contribution is 6.00. The second kappa shape index (κ2) is 6.99. The summed E-state index contributed by atoms with van der Waals surface area (Å²) in [6.07, 6.45) is 0. The molecule has 0 fully saturated rings. The monoisotopic (exact) mass is 384 g/mol. The van der Waals surface area contributed by atoms with Gasteiger partial charge < -0.3 is 15.2 Å². The molecule has 3 aromatic rings. The molecule has 29 heavy (non-hydrogen) atoms. The van der Waals surface area contributed by atoms with Crippen LogP contribution in [0, 0.1) is 18.3 Å². The van der Waals surface area contributed by atoms with Gasteiger partial charge in [-0.3, -0.25) is 0 Å². The quantitative estimate of drug-likeness (QED) is 0.668. The Morgan fingerprint density at radius 2 is 1.93 bits per heavy atom. The second-order valence-corrected chi connectivity index (χ2v) is 7.17. The fourth-order valence-corrected chi connectivity index (χ4v) is 4.22. The number of carboxylic acids is 1. The van der Waals surface area contributed by atoms with E-state index in [2.05, 4.69) is 17.5 Å². The molecule has 0 spiro atoms. The van der Waals surface area contributed by atoms with Gasteiger partial charge >= 0.3 is 5.97 Å². The minimum absolute atomic E-state index is 0.274. The third-order valence-electron chi connectivity index (χ3n) is 5.48. The first-order valence-corrected chi connectivity index (χ1v) is 9.27. The molecule has 1 aliphatic rings. The summed E-state index contributed by atoms with van der Waals surface area (Å²) in [6.45, 7) is 3.80. The molecule has 5 nitrogen and oxygen atoms in total. The van der Waals surface area contributed by atoms with E-state index in [-0.39, 0.29) is 5.57 Å². The van der Waals surface area contributed by atoms with Crippen LogP contribution in [-0.2, 0) is 4.79 Å². The van der Waals surface area contributed by atoms with E-state index in [4.69, 9.17) is 4.74 Å². The Bertz CT molecular complexity index is 1230. The van der Waals surface area contributed by atoms with E-state index in [0.717, 1.165) is 33.2 Å². The Morgan fingerprint density at radius 3 is 2.62 bits per heavy atom. The predicted octanol–water partition coefficient (Wildman–Crippen LogP) is 4.94. The number of allylic oxidation sites excluding steroid dienone is 1. The number of hydrogen-bond acceptors (Lipinski definition) is 4. The lowest BCUT2D eigenvalue weighted by molar-refractivity contribution is -0.132. The van der Waals surface area contributed by atoms with E-state index in [1.165, 1.54) is 7.11 Å². The molecule has 1 heterocycles. The van der Waals surface area contributed by atoms with Crippen molar-refractivity contribution in [2.75, 3.05) is 12.4 Å². The highest BCUT2D eigenvalue weighted by atomic mass is 16.5. The molecule has 1 atom stereocenters. The number of hydrogen-bond donors (Lipinski definition) is 2. The van der Waals surface area contributed by atoms with E-state index in [1.807, 2.05) is 31.2 Å². The van der Waals surface area contributed by atoms with Crippen molar-refractivity contribution in [2.24, 2.45) is 0 Å². The van der Waals surface area contributed by atoms with E-state index < -0.39 is 11.9 Å². The maximum absolute atomic E-state index is 12.3. The van der Waals surface area contributed by atoms with Crippen LogP contribution in [0.4, 0.5) is 5.69 Å². The van der Waals surface area contributed by atoms with Crippen molar-refractivity contribution >= 4 is 22.4 Å². The van der Waals surface area contributed by atoms with Crippen LogP contribution in [0.2, 0.25) is 0 Å². The highest BCUT2D eigenvalue weighted by Crippen LogP contribution is 2.48. The first-order chi connectivity index (χ1) is 14.0. The maximum atomic E-state index is 12.3. The number of methoxy groups -OCH3 is 1. The summed E-state index contributed by atoms with van der Waals surface area (Å²) >= 11 is 0. The van der Waals surface area contributed by atoms with Crippen molar-refractivity contribution in [3.05, 3.63) is 82.1 Å². The van der Waals surface area contributed by atoms with Crippen molar-refractivity contribution in [1.82, 2.24) is 0 Å². The first kappa shape index (κ1) is 18.6. The molecule has 144 valence electrons. The fourth-order valence-electron chi connectivity index (χ4n) is 4.22. The van der Waals surface area contributed by atoms with Crippen molar-refractivity contribution in [2.45, 2.75) is 19.8 Å². The van der Waals surface area contributed by atoms with Crippen LogP contribution in [0.5, 0.6) is 5.75 Å². The first-order valence-electron chi connectivity index (χ1n) is 9.27. The minimum Gasteiger partial charge on any atom is -0.496 e. The summed E-state index contributed by atoms with van der Waals surface area (Å²) in [7, 11) is 1.54. The van der Waals surface area contributed by atoms with Crippen LogP contribution < -0.4 is 10.1 Å². The number of aryl methyl sites for hydroxylation is 1. The van der Waals surface area contributed by atoms with Gasteiger partial charge in [0, 0.05) is 22.9 Å². The molecule has 2 N–H and O–H groups in total. The van der Waals surface area contributed by atoms with Gasteiger partial charge in [0.05, 0.1) is 24.3 Å². The van der Waals surface area contributed by atoms with E-state index in [1.54, 1.807) is 25.1 Å². The number of benzene rings is 3. The van der Waals surface area contributed by atoms with Gasteiger partial charge in [0.25, 0.3) is 0 Å². The molecular weight excluding hydrogens is 364 g/mol. The van der Waals surface area contributed by atoms with Gasteiger partial charge in [-0.25, -0.2) is 4.79 Å². The Hall–Kier alpha value is -3.78. The van der Waals surface area contributed by atoms with Gasteiger partial charge in [0.1, 0.15) is 5.75 Å². The molecule has 0 radical (unpaired) electrons. The van der Waals surface area contributed by atoms with Gasteiger partial charge in [-0.2, -0.15) is 5.26 Å². The number of carboxylic acid groups (broad SMARTS) is 1. The predicted molar refractivity (Wildman–Crippen MR) is 112 cm³/mol. The summed E-state index contributed by atoms with van der Waals surface area (Å²) in [4.78, 5) is 12.3. The van der Waals surface area contributed by atoms with Crippen LogP contribution in [0.1, 0.15) is 35.1 Å². The number of fused-ring (bicyclic) bond motifs is 3. The number of nitriles is 1. The van der Waals surface area contributed by atoms with Crippen LogP contribution in [0.25, 0.3) is 10.8 Å². The summed E-state index contributed by atoms with van der Waals surface area (Å²) in [5.41, 5.74) is 4.93. The number of aliphatic carboxylic acids is 1. The normalized spacial score (nSPS) is 15.4. The molecule has 1 aliphatic heterocycles. The van der Waals surface area contributed by atoms with Gasteiger partial charge in [-0.1, -0.05) is 30.3 Å². The summed E-state index contributed by atoms with van der Waals surface area (Å²) in [5.74, 6) is -1.02. The van der Waals surface area contributed by atoms with Crippen LogP contribution >= 0.6 is 0 Å². The van der Waals surface area contributed by atoms with E-state index in [0.29, 0.717) is 17.0 Å². The zero-order valence-corrected chi connectivity index (χ0v) is 16.4. The minimum atomic E-state index is -0.984. The SMILES string of the molecule is COc1cc(C#N)ccc1C1C(C(=O)O)=C(C)Nc2c(C)cc3ccccc3c21. The van der Waals surface area contributed by atoms with E-state index in [9.17, 15) is 15.2 Å². The van der Waals surface area contributed by atoms with Crippen LogP contribution in [0.3, 0.4) is 0 Å². The third-order valence-corrected chi connectivity index (χ3v) is 5.48. The molecule has 0 saturated carbocycles. The Labute approximate surface area is 168 Å². The Kier molecular flexibility index (Phi) is 4.48. The molecule has 0 aromatic heterocycles. The molecule has 1 unspecified atom stereocenters. The lowest BCUT2D eigenvalue weighted by Gasteiger charge is -2.32. The molecule has 0 amide bonds. The van der Waals surface area contributed by atoms with Crippen LogP contribution in [0.15, 0.2) is 59.8 Å². The zero-order chi connectivity index (χ0) is 20.7. The largest absolute Gasteiger partial charge is 0.496 e. The molecule has 5 heteroatoms. The molecule has 0 saturated heterocycles. The number of ether oxygens (including phenoxy) is 1. The van der Waals surface area contributed by atoms with Gasteiger partial charge in [-0.15, -0.1) is 0 Å². The van der Waals surface area contributed by atoms with Gasteiger partial charge in [0.2, 0.25) is 0 Å². The summed E-state index contributed by atoms with van der Waals surface area (Å²) in [5, 5.41) is 24.7. The number of nitrogens with one attached hydrogen (secondary N) is 1. The third kappa shape index (κ3) is 2.90. The molecular formula is C24H20N2O3. The average molecular weight is 384 g/mol.